The van der Waals surface area contributed by atoms with Gasteiger partial charge in [0.05, 0.1) is 11.6 Å². The van der Waals surface area contributed by atoms with Crippen molar-refractivity contribution in [2.24, 2.45) is 5.41 Å². The molecule has 0 radical (unpaired) electrons. The van der Waals surface area contributed by atoms with Crippen LogP contribution >= 0.6 is 11.6 Å². The molecular formula is C24H35ClN2O5. The van der Waals surface area contributed by atoms with Crippen molar-refractivity contribution in [3.63, 3.8) is 0 Å². The number of amides is 1. The highest BCUT2D eigenvalue weighted by Crippen LogP contribution is 2.48. The molecule has 1 saturated carbocycles. The summed E-state index contributed by atoms with van der Waals surface area (Å²) >= 11 is 6.60. The number of carbonyl (C=O) groups excluding carboxylic acids is 2. The van der Waals surface area contributed by atoms with Crippen molar-refractivity contribution < 1.29 is 23.8 Å². The standard InChI is InChI=1S/C24H35ClN2O5/c1-6-30-21(28)24(9-10-24)16-31-20-18(8-7-17(2)19(20)25)15-26-11-13-27(14-12-26)22(29)32-23(3,4)5/h7-8H,6,9-16H2,1-5H3. The number of carbonyl (C=O) groups is 2. The fourth-order valence-corrected chi connectivity index (χ4v) is 3.92. The molecule has 1 aliphatic heterocycles. The fraction of sp³-hybridized carbons (Fsp3) is 0.667. The third kappa shape index (κ3) is 6.07. The quantitative estimate of drug-likeness (QED) is 0.554. The monoisotopic (exact) mass is 466 g/mol. The summed E-state index contributed by atoms with van der Waals surface area (Å²) in [5, 5.41) is 0.578. The lowest BCUT2D eigenvalue weighted by molar-refractivity contribution is -0.150. The number of nitrogens with zero attached hydrogens (tertiary/aromatic N) is 2. The van der Waals surface area contributed by atoms with Crippen molar-refractivity contribution in [3.8, 4) is 5.75 Å². The van der Waals surface area contributed by atoms with Gasteiger partial charge in [0.1, 0.15) is 23.4 Å². The lowest BCUT2D eigenvalue weighted by Gasteiger charge is -2.35. The van der Waals surface area contributed by atoms with Gasteiger partial charge in [-0.05, 0) is 53.0 Å². The van der Waals surface area contributed by atoms with E-state index in [1.54, 1.807) is 4.90 Å². The van der Waals surface area contributed by atoms with E-state index in [1.165, 1.54) is 0 Å². The van der Waals surface area contributed by atoms with Gasteiger partial charge < -0.3 is 19.1 Å². The molecule has 1 heterocycles. The van der Waals surface area contributed by atoms with Crippen molar-refractivity contribution in [2.45, 2.75) is 59.6 Å². The fourth-order valence-electron chi connectivity index (χ4n) is 3.68. The van der Waals surface area contributed by atoms with Crippen LogP contribution < -0.4 is 4.74 Å². The molecule has 32 heavy (non-hydrogen) atoms. The van der Waals surface area contributed by atoms with Gasteiger partial charge in [0.15, 0.2) is 0 Å². The summed E-state index contributed by atoms with van der Waals surface area (Å²) in [6.07, 6.45) is 1.28. The van der Waals surface area contributed by atoms with Crippen LogP contribution in [0.2, 0.25) is 5.02 Å². The van der Waals surface area contributed by atoms with Crippen molar-refractivity contribution in [3.05, 3.63) is 28.3 Å². The number of aryl methyl sites for hydroxylation is 1. The number of hydrogen-bond donors (Lipinski definition) is 0. The Morgan fingerprint density at radius 3 is 2.34 bits per heavy atom. The summed E-state index contributed by atoms with van der Waals surface area (Å²) in [6, 6.07) is 4.01. The van der Waals surface area contributed by atoms with E-state index < -0.39 is 11.0 Å². The molecule has 0 aromatic heterocycles. The van der Waals surface area contributed by atoms with E-state index >= 15 is 0 Å². The lowest BCUT2D eigenvalue weighted by atomic mass is 10.1. The van der Waals surface area contributed by atoms with Crippen LogP contribution in [-0.4, -0.2) is 66.9 Å². The number of hydrogen-bond acceptors (Lipinski definition) is 6. The second-order valence-electron chi connectivity index (χ2n) is 9.72. The Kier molecular flexibility index (Phi) is 7.61. The van der Waals surface area contributed by atoms with Crippen LogP contribution in [0.4, 0.5) is 4.79 Å². The number of benzene rings is 1. The van der Waals surface area contributed by atoms with Crippen LogP contribution in [0, 0.1) is 12.3 Å². The van der Waals surface area contributed by atoms with Crippen molar-refractivity contribution in [2.75, 3.05) is 39.4 Å². The molecule has 0 spiro atoms. The normalized spacial score (nSPS) is 18.2. The Labute approximate surface area is 195 Å². The second kappa shape index (κ2) is 9.87. The predicted octanol–water partition coefficient (Wildman–Crippen LogP) is 4.42. The van der Waals surface area contributed by atoms with Gasteiger partial charge >= 0.3 is 12.1 Å². The maximum atomic E-state index is 12.3. The minimum atomic E-state index is -0.542. The Morgan fingerprint density at radius 2 is 1.78 bits per heavy atom. The molecule has 1 aromatic rings. The van der Waals surface area contributed by atoms with Crippen LogP contribution in [0.3, 0.4) is 0 Å². The first-order valence-electron chi connectivity index (χ1n) is 11.3. The molecule has 0 bridgehead atoms. The maximum absolute atomic E-state index is 12.3. The second-order valence-corrected chi connectivity index (χ2v) is 10.1. The van der Waals surface area contributed by atoms with Gasteiger partial charge in [0.2, 0.25) is 0 Å². The number of piperazine rings is 1. The van der Waals surface area contributed by atoms with Crippen LogP contribution in [0.25, 0.3) is 0 Å². The average Bonchev–Trinajstić information content (AvgIpc) is 3.51. The van der Waals surface area contributed by atoms with E-state index in [9.17, 15) is 9.59 Å². The maximum Gasteiger partial charge on any atom is 0.410 e. The summed E-state index contributed by atoms with van der Waals surface area (Å²) in [6.45, 7) is 13.3. The van der Waals surface area contributed by atoms with Crippen LogP contribution in [0.15, 0.2) is 12.1 Å². The number of ether oxygens (including phenoxy) is 3. The van der Waals surface area contributed by atoms with Gasteiger partial charge in [-0.15, -0.1) is 0 Å². The van der Waals surface area contributed by atoms with E-state index in [0.717, 1.165) is 37.1 Å². The molecule has 0 atom stereocenters. The van der Waals surface area contributed by atoms with Gasteiger partial charge in [-0.2, -0.15) is 0 Å². The van der Waals surface area contributed by atoms with Crippen molar-refractivity contribution >= 4 is 23.7 Å². The smallest absolute Gasteiger partial charge is 0.410 e. The summed E-state index contributed by atoms with van der Waals surface area (Å²) in [7, 11) is 0. The molecule has 1 saturated heterocycles. The third-order valence-corrected chi connectivity index (χ3v) is 6.31. The largest absolute Gasteiger partial charge is 0.490 e. The van der Waals surface area contributed by atoms with E-state index in [-0.39, 0.29) is 18.7 Å². The Morgan fingerprint density at radius 1 is 1.12 bits per heavy atom. The first-order valence-corrected chi connectivity index (χ1v) is 11.7. The zero-order valence-electron chi connectivity index (χ0n) is 19.8. The molecule has 178 valence electrons. The Balaban J connectivity index is 1.62. The van der Waals surface area contributed by atoms with Gasteiger partial charge in [0.25, 0.3) is 0 Å². The summed E-state index contributed by atoms with van der Waals surface area (Å²) in [4.78, 5) is 28.6. The molecule has 2 aliphatic rings. The third-order valence-electron chi connectivity index (χ3n) is 5.84. The highest BCUT2D eigenvalue weighted by atomic mass is 35.5. The number of esters is 1. The molecule has 2 fully saturated rings. The minimum absolute atomic E-state index is 0.191. The van der Waals surface area contributed by atoms with Crippen LogP contribution in [-0.2, 0) is 20.8 Å². The molecule has 7 nitrogen and oxygen atoms in total. The molecule has 1 amide bonds. The molecule has 1 aromatic carbocycles. The summed E-state index contributed by atoms with van der Waals surface area (Å²) in [5.41, 5.74) is 0.869. The van der Waals surface area contributed by atoms with Crippen LogP contribution in [0.1, 0.15) is 51.7 Å². The van der Waals surface area contributed by atoms with E-state index in [1.807, 2.05) is 46.8 Å². The van der Waals surface area contributed by atoms with E-state index in [0.29, 0.717) is 37.0 Å². The predicted molar refractivity (Wildman–Crippen MR) is 123 cm³/mol. The van der Waals surface area contributed by atoms with Gasteiger partial charge in [0, 0.05) is 38.3 Å². The van der Waals surface area contributed by atoms with Crippen molar-refractivity contribution in [1.29, 1.82) is 0 Å². The molecular weight excluding hydrogens is 432 g/mol. The zero-order chi connectivity index (χ0) is 23.5. The number of halogens is 1. The highest BCUT2D eigenvalue weighted by molar-refractivity contribution is 6.32. The summed E-state index contributed by atoms with van der Waals surface area (Å²) in [5.74, 6) is 0.445. The Hall–Kier alpha value is -1.99. The zero-order valence-corrected chi connectivity index (χ0v) is 20.6. The number of rotatable bonds is 7. The van der Waals surface area contributed by atoms with Crippen molar-refractivity contribution in [1.82, 2.24) is 9.80 Å². The van der Waals surface area contributed by atoms with E-state index in [4.69, 9.17) is 25.8 Å². The topological polar surface area (TPSA) is 68.3 Å². The SMILES string of the molecule is CCOC(=O)C1(COc2c(CN3CCN(C(=O)OC(C)(C)C)CC3)ccc(C)c2Cl)CC1. The summed E-state index contributed by atoms with van der Waals surface area (Å²) < 4.78 is 16.9. The average molecular weight is 467 g/mol. The Bertz CT molecular complexity index is 840. The molecule has 1 aliphatic carbocycles. The first kappa shape index (κ1) is 24.6. The molecule has 3 rings (SSSR count). The van der Waals surface area contributed by atoms with Gasteiger partial charge in [-0.25, -0.2) is 4.79 Å². The minimum Gasteiger partial charge on any atom is -0.490 e. The molecule has 0 unspecified atom stereocenters. The highest BCUT2D eigenvalue weighted by Gasteiger charge is 2.52. The molecule has 0 N–H and O–H groups in total. The van der Waals surface area contributed by atoms with Gasteiger partial charge in [-0.1, -0.05) is 23.7 Å². The van der Waals surface area contributed by atoms with Gasteiger partial charge in [-0.3, -0.25) is 9.69 Å². The first-order chi connectivity index (χ1) is 15.0. The molecule has 8 heteroatoms. The van der Waals surface area contributed by atoms with Crippen LogP contribution in [0.5, 0.6) is 5.75 Å². The van der Waals surface area contributed by atoms with E-state index in [2.05, 4.69) is 4.90 Å². The lowest BCUT2D eigenvalue weighted by Crippen LogP contribution is -2.49.